The maximum absolute atomic E-state index is 12.7. The summed E-state index contributed by atoms with van der Waals surface area (Å²) < 4.78 is 38.2. The first-order valence-electron chi connectivity index (χ1n) is 8.75. The Bertz CT molecular complexity index is 667. The third-order valence-electron chi connectivity index (χ3n) is 5.42. The van der Waals surface area contributed by atoms with Crippen molar-refractivity contribution in [2.75, 3.05) is 39.8 Å². The van der Waals surface area contributed by atoms with Crippen molar-refractivity contribution in [2.45, 2.75) is 25.2 Å². The van der Waals surface area contributed by atoms with Gasteiger partial charge < -0.3 is 15.3 Å². The van der Waals surface area contributed by atoms with Gasteiger partial charge in [-0.15, -0.1) is 0 Å². The minimum absolute atomic E-state index is 0.0129. The first-order valence-corrected chi connectivity index (χ1v) is 8.75. The molecule has 144 valence electrons. The number of amides is 1. The highest BCUT2D eigenvalue weighted by Gasteiger charge is 2.43. The van der Waals surface area contributed by atoms with Crippen LogP contribution in [0.15, 0.2) is 24.3 Å². The van der Waals surface area contributed by atoms with Gasteiger partial charge in [0.2, 0.25) is 0 Å². The SMILES string of the molecule is CN1CCC2(CCN(C(O)CNC(=O)c3cccc(C(F)(F)F)c3)C2)C1. The number of benzene rings is 1. The number of carbonyl (C=O) groups is 1. The number of alkyl halides is 3. The predicted octanol–water partition coefficient (Wildman–Crippen LogP) is 1.78. The molecule has 1 aromatic carbocycles. The molecular weight excluding hydrogens is 347 g/mol. The zero-order chi connectivity index (χ0) is 18.9. The second-order valence-corrected chi connectivity index (χ2v) is 7.48. The smallest absolute Gasteiger partial charge is 0.377 e. The van der Waals surface area contributed by atoms with E-state index >= 15 is 0 Å². The highest BCUT2D eigenvalue weighted by Crippen LogP contribution is 2.39. The molecule has 0 saturated carbocycles. The van der Waals surface area contributed by atoms with E-state index in [4.69, 9.17) is 0 Å². The van der Waals surface area contributed by atoms with Crippen molar-refractivity contribution in [3.05, 3.63) is 35.4 Å². The van der Waals surface area contributed by atoms with Crippen LogP contribution in [0.2, 0.25) is 0 Å². The zero-order valence-electron chi connectivity index (χ0n) is 14.7. The molecule has 2 saturated heterocycles. The summed E-state index contributed by atoms with van der Waals surface area (Å²) >= 11 is 0. The van der Waals surface area contributed by atoms with Crippen LogP contribution in [0.25, 0.3) is 0 Å². The molecule has 2 aliphatic heterocycles. The number of rotatable bonds is 4. The van der Waals surface area contributed by atoms with Crippen LogP contribution in [0.3, 0.4) is 0 Å². The second kappa shape index (κ2) is 7.17. The summed E-state index contributed by atoms with van der Waals surface area (Å²) in [7, 11) is 2.09. The third-order valence-corrected chi connectivity index (χ3v) is 5.42. The average molecular weight is 371 g/mol. The molecule has 0 aromatic heterocycles. The molecule has 2 unspecified atom stereocenters. The molecule has 5 nitrogen and oxygen atoms in total. The molecule has 2 atom stereocenters. The van der Waals surface area contributed by atoms with E-state index in [9.17, 15) is 23.1 Å². The van der Waals surface area contributed by atoms with Crippen LogP contribution in [0.1, 0.15) is 28.8 Å². The molecule has 2 heterocycles. The molecule has 2 aliphatic rings. The standard InChI is InChI=1S/C18H24F3N3O2/c1-23-7-5-17(11-23)6-8-24(12-17)15(25)10-22-16(26)13-3-2-4-14(9-13)18(19,20)21/h2-4,9,15,25H,5-8,10-12H2,1H3,(H,22,26). The number of likely N-dealkylation sites (tertiary alicyclic amines) is 2. The summed E-state index contributed by atoms with van der Waals surface area (Å²) in [5.74, 6) is -0.621. The summed E-state index contributed by atoms with van der Waals surface area (Å²) in [4.78, 5) is 16.3. The Morgan fingerprint density at radius 3 is 2.69 bits per heavy atom. The Morgan fingerprint density at radius 1 is 1.31 bits per heavy atom. The molecule has 8 heteroatoms. The lowest BCUT2D eigenvalue weighted by Crippen LogP contribution is -2.44. The van der Waals surface area contributed by atoms with Crippen molar-refractivity contribution in [2.24, 2.45) is 5.41 Å². The maximum Gasteiger partial charge on any atom is 0.416 e. The predicted molar refractivity (Wildman–Crippen MR) is 90.5 cm³/mol. The van der Waals surface area contributed by atoms with Crippen molar-refractivity contribution in [3.63, 3.8) is 0 Å². The molecule has 2 fully saturated rings. The van der Waals surface area contributed by atoms with E-state index in [1.54, 1.807) is 0 Å². The lowest BCUT2D eigenvalue weighted by Gasteiger charge is -2.27. The van der Waals surface area contributed by atoms with Crippen LogP contribution >= 0.6 is 0 Å². The number of nitrogens with zero attached hydrogens (tertiary/aromatic N) is 2. The maximum atomic E-state index is 12.7. The van der Waals surface area contributed by atoms with Gasteiger partial charge in [0, 0.05) is 25.2 Å². The molecule has 3 rings (SSSR count). The van der Waals surface area contributed by atoms with Gasteiger partial charge in [0.25, 0.3) is 5.91 Å². The van der Waals surface area contributed by atoms with Gasteiger partial charge in [-0.25, -0.2) is 0 Å². The highest BCUT2D eigenvalue weighted by atomic mass is 19.4. The van der Waals surface area contributed by atoms with Crippen molar-refractivity contribution < 1.29 is 23.1 Å². The molecule has 2 N–H and O–H groups in total. The first-order chi connectivity index (χ1) is 12.2. The van der Waals surface area contributed by atoms with Crippen LogP contribution in [0.5, 0.6) is 0 Å². The fraction of sp³-hybridized carbons (Fsp3) is 0.611. The Hall–Kier alpha value is -1.64. The van der Waals surface area contributed by atoms with Gasteiger partial charge >= 0.3 is 6.18 Å². The zero-order valence-corrected chi connectivity index (χ0v) is 14.7. The Labute approximate surface area is 150 Å². The quantitative estimate of drug-likeness (QED) is 0.847. The molecule has 0 aliphatic carbocycles. The van der Waals surface area contributed by atoms with Crippen LogP contribution in [-0.2, 0) is 6.18 Å². The van der Waals surface area contributed by atoms with Crippen molar-refractivity contribution in [1.29, 1.82) is 0 Å². The Morgan fingerprint density at radius 2 is 2.04 bits per heavy atom. The number of aliphatic hydroxyl groups excluding tert-OH is 1. The molecule has 1 spiro atoms. The van der Waals surface area contributed by atoms with E-state index in [0.717, 1.165) is 51.2 Å². The van der Waals surface area contributed by atoms with E-state index in [1.807, 2.05) is 4.90 Å². The topological polar surface area (TPSA) is 55.8 Å². The number of carbonyl (C=O) groups excluding carboxylic acids is 1. The molecular formula is C18H24F3N3O2. The van der Waals surface area contributed by atoms with E-state index in [0.29, 0.717) is 0 Å². The lowest BCUT2D eigenvalue weighted by molar-refractivity contribution is -0.137. The molecule has 0 radical (unpaired) electrons. The minimum Gasteiger partial charge on any atom is -0.377 e. The largest absolute Gasteiger partial charge is 0.416 e. The summed E-state index contributed by atoms with van der Waals surface area (Å²) in [5, 5.41) is 12.9. The normalized spacial score (nSPS) is 25.7. The van der Waals surface area contributed by atoms with Crippen molar-refractivity contribution >= 4 is 5.91 Å². The third kappa shape index (κ3) is 4.19. The van der Waals surface area contributed by atoms with E-state index in [1.165, 1.54) is 12.1 Å². The molecule has 26 heavy (non-hydrogen) atoms. The van der Waals surface area contributed by atoms with Crippen LogP contribution in [-0.4, -0.2) is 66.8 Å². The van der Waals surface area contributed by atoms with Crippen molar-refractivity contribution in [3.8, 4) is 0 Å². The fourth-order valence-corrected chi connectivity index (χ4v) is 3.97. The van der Waals surface area contributed by atoms with Gasteiger partial charge in [-0.3, -0.25) is 9.69 Å². The highest BCUT2D eigenvalue weighted by molar-refractivity contribution is 5.94. The van der Waals surface area contributed by atoms with E-state index < -0.39 is 23.9 Å². The number of hydrogen-bond donors (Lipinski definition) is 2. The number of hydrogen-bond acceptors (Lipinski definition) is 4. The number of aliphatic hydroxyl groups is 1. The van der Waals surface area contributed by atoms with Gasteiger partial charge in [0.15, 0.2) is 0 Å². The summed E-state index contributed by atoms with van der Waals surface area (Å²) in [5.41, 5.74) is -0.722. The van der Waals surface area contributed by atoms with Gasteiger partial charge in [0.1, 0.15) is 6.23 Å². The van der Waals surface area contributed by atoms with Gasteiger partial charge in [0.05, 0.1) is 12.1 Å². The van der Waals surface area contributed by atoms with Gasteiger partial charge in [-0.05, 0) is 50.0 Å². The molecule has 1 aromatic rings. The first kappa shape index (κ1) is 19.1. The van der Waals surface area contributed by atoms with E-state index in [-0.39, 0.29) is 17.5 Å². The van der Waals surface area contributed by atoms with Crippen LogP contribution < -0.4 is 5.32 Å². The monoisotopic (exact) mass is 371 g/mol. The number of halogens is 3. The molecule has 1 amide bonds. The number of nitrogens with one attached hydrogen (secondary N) is 1. The van der Waals surface area contributed by atoms with Gasteiger partial charge in [-0.2, -0.15) is 13.2 Å². The fourth-order valence-electron chi connectivity index (χ4n) is 3.97. The minimum atomic E-state index is -4.49. The molecule has 0 bridgehead atoms. The van der Waals surface area contributed by atoms with Gasteiger partial charge in [-0.1, -0.05) is 6.07 Å². The van der Waals surface area contributed by atoms with E-state index in [2.05, 4.69) is 17.3 Å². The van der Waals surface area contributed by atoms with Crippen molar-refractivity contribution in [1.82, 2.24) is 15.1 Å². The lowest BCUT2D eigenvalue weighted by atomic mass is 9.86. The average Bonchev–Trinajstić information content (AvgIpc) is 3.18. The summed E-state index contributed by atoms with van der Waals surface area (Å²) in [6.45, 7) is 3.58. The van der Waals surface area contributed by atoms with Crippen LogP contribution in [0, 0.1) is 5.41 Å². The summed E-state index contributed by atoms with van der Waals surface area (Å²) in [6, 6.07) is 4.28. The Kier molecular flexibility index (Phi) is 5.28. The second-order valence-electron chi connectivity index (χ2n) is 7.48. The Balaban J connectivity index is 1.53. The van der Waals surface area contributed by atoms with Crippen LogP contribution in [0.4, 0.5) is 13.2 Å². The summed E-state index contributed by atoms with van der Waals surface area (Å²) in [6.07, 6.45) is -3.22.